The van der Waals surface area contributed by atoms with E-state index in [-0.39, 0.29) is 17.7 Å². The van der Waals surface area contributed by atoms with E-state index >= 15 is 0 Å². The lowest BCUT2D eigenvalue weighted by Crippen LogP contribution is -2.26. The van der Waals surface area contributed by atoms with Crippen LogP contribution in [0.25, 0.3) is 0 Å². The number of thiophene rings is 1. The molecule has 5 rings (SSSR count). The first-order valence-corrected chi connectivity index (χ1v) is 9.90. The number of Topliss-reactive ketones (excluding diaryl/α,β-unsaturated/α-hetero) is 1. The first-order valence-electron chi connectivity index (χ1n) is 9.02. The number of benzene rings is 1. The summed E-state index contributed by atoms with van der Waals surface area (Å²) >= 11 is 1.68. The second kappa shape index (κ2) is 6.79. The van der Waals surface area contributed by atoms with Gasteiger partial charge in [0, 0.05) is 28.5 Å². The van der Waals surface area contributed by atoms with Crippen LogP contribution in [0, 0.1) is 0 Å². The third-order valence-corrected chi connectivity index (χ3v) is 6.24. The van der Waals surface area contributed by atoms with Crippen molar-refractivity contribution in [3.8, 4) is 5.75 Å². The molecule has 0 amide bonds. The number of carbonyl (C=O) groups is 1. The number of nitrogens with one attached hydrogen (secondary N) is 2. The third kappa shape index (κ3) is 2.86. The van der Waals surface area contributed by atoms with Gasteiger partial charge in [0.2, 0.25) is 11.6 Å². The van der Waals surface area contributed by atoms with Crippen molar-refractivity contribution in [3.05, 3.63) is 63.5 Å². The van der Waals surface area contributed by atoms with Gasteiger partial charge in [-0.15, -0.1) is 11.3 Å². The molecule has 0 bridgehead atoms. The van der Waals surface area contributed by atoms with Gasteiger partial charge in [0.1, 0.15) is 5.75 Å². The van der Waals surface area contributed by atoms with E-state index in [4.69, 9.17) is 9.37 Å². The Bertz CT molecular complexity index is 1060. The highest BCUT2D eigenvalue weighted by molar-refractivity contribution is 7.10. The fourth-order valence-corrected chi connectivity index (χ4v) is 4.73. The van der Waals surface area contributed by atoms with Gasteiger partial charge in [-0.3, -0.25) is 4.79 Å². The molecular weight excluding hydrogens is 376 g/mol. The smallest absolute Gasteiger partial charge is 0.219 e. The average Bonchev–Trinajstić information content (AvgIpc) is 3.37. The number of methoxy groups -OCH3 is 1. The summed E-state index contributed by atoms with van der Waals surface area (Å²) < 4.78 is 10.3. The molecule has 0 saturated carbocycles. The summed E-state index contributed by atoms with van der Waals surface area (Å²) in [5.41, 5.74) is 2.51. The Balaban J connectivity index is 1.61. The standard InChI is InChI=1S/C20H18N4O3S/c1-26-13-5-2-4-11(8-13)18-17-14(21-19-20(22-18)24-27-23-19)9-12(10-15(17)25)16-6-3-7-28-16/h2-8,12,18H,9-10H2,1H3,(H,21,23)(H,22,24). The first-order chi connectivity index (χ1) is 13.7. The van der Waals surface area contributed by atoms with Crippen LogP contribution in [0.3, 0.4) is 0 Å². The quantitative estimate of drug-likeness (QED) is 0.691. The van der Waals surface area contributed by atoms with E-state index in [2.05, 4.69) is 27.0 Å². The molecule has 2 aromatic heterocycles. The maximum Gasteiger partial charge on any atom is 0.219 e. The molecule has 28 heavy (non-hydrogen) atoms. The molecule has 1 aromatic carbocycles. The highest BCUT2D eigenvalue weighted by Gasteiger charge is 2.37. The zero-order valence-electron chi connectivity index (χ0n) is 15.1. The fraction of sp³-hybridized carbons (Fsp3) is 0.250. The normalized spacial score (nSPS) is 21.2. The third-order valence-electron chi connectivity index (χ3n) is 5.21. The molecule has 1 aliphatic heterocycles. The van der Waals surface area contributed by atoms with Gasteiger partial charge < -0.3 is 15.4 Å². The van der Waals surface area contributed by atoms with Crippen LogP contribution in [-0.4, -0.2) is 23.2 Å². The predicted octanol–water partition coefficient (Wildman–Crippen LogP) is 4.12. The Hall–Kier alpha value is -3.13. The lowest BCUT2D eigenvalue weighted by molar-refractivity contribution is -0.116. The van der Waals surface area contributed by atoms with E-state index in [1.807, 2.05) is 35.7 Å². The highest BCUT2D eigenvalue weighted by atomic mass is 32.1. The maximum atomic E-state index is 13.3. The molecule has 7 nitrogen and oxygen atoms in total. The number of allylic oxidation sites excluding steroid dienone is 1. The maximum absolute atomic E-state index is 13.3. The van der Waals surface area contributed by atoms with Gasteiger partial charge in [0.25, 0.3) is 0 Å². The van der Waals surface area contributed by atoms with E-state index in [9.17, 15) is 4.79 Å². The molecule has 142 valence electrons. The number of ether oxygens (including phenoxy) is 1. The van der Waals surface area contributed by atoms with Crippen LogP contribution < -0.4 is 15.4 Å². The Kier molecular flexibility index (Phi) is 4.12. The number of fused-ring (bicyclic) bond motifs is 1. The van der Waals surface area contributed by atoms with Crippen molar-refractivity contribution in [1.82, 2.24) is 10.3 Å². The fourth-order valence-electron chi connectivity index (χ4n) is 3.90. The van der Waals surface area contributed by atoms with Crippen LogP contribution in [0.15, 0.2) is 57.7 Å². The van der Waals surface area contributed by atoms with Crippen molar-refractivity contribution >= 4 is 28.8 Å². The van der Waals surface area contributed by atoms with E-state index in [0.29, 0.717) is 18.1 Å². The zero-order chi connectivity index (χ0) is 19.1. The summed E-state index contributed by atoms with van der Waals surface area (Å²) in [6, 6.07) is 11.5. The first kappa shape index (κ1) is 17.0. The Morgan fingerprint density at radius 2 is 2.07 bits per heavy atom. The monoisotopic (exact) mass is 394 g/mol. The molecule has 1 aliphatic carbocycles. The second-order valence-corrected chi connectivity index (χ2v) is 7.86. The van der Waals surface area contributed by atoms with E-state index in [0.717, 1.165) is 29.0 Å². The summed E-state index contributed by atoms with van der Waals surface area (Å²) in [4.78, 5) is 14.5. The minimum absolute atomic E-state index is 0.120. The minimum atomic E-state index is -0.359. The molecule has 0 saturated heterocycles. The zero-order valence-corrected chi connectivity index (χ0v) is 16.0. The summed E-state index contributed by atoms with van der Waals surface area (Å²) in [6.07, 6.45) is 1.22. The number of nitrogens with zero attached hydrogens (tertiary/aromatic N) is 2. The van der Waals surface area contributed by atoms with E-state index in [1.54, 1.807) is 18.4 Å². The molecule has 0 spiro atoms. The number of hydrogen-bond acceptors (Lipinski definition) is 8. The summed E-state index contributed by atoms with van der Waals surface area (Å²) in [7, 11) is 1.63. The molecule has 3 aromatic rings. The van der Waals surface area contributed by atoms with E-state index < -0.39 is 0 Å². The van der Waals surface area contributed by atoms with Gasteiger partial charge in [0.05, 0.1) is 13.2 Å². The van der Waals surface area contributed by atoms with Crippen molar-refractivity contribution in [3.63, 3.8) is 0 Å². The molecular formula is C20H18N4O3S. The van der Waals surface area contributed by atoms with Gasteiger partial charge in [-0.1, -0.05) is 18.2 Å². The molecule has 0 fully saturated rings. The molecule has 2 atom stereocenters. The van der Waals surface area contributed by atoms with Gasteiger partial charge in [-0.2, -0.15) is 0 Å². The lowest BCUT2D eigenvalue weighted by Gasteiger charge is -2.29. The minimum Gasteiger partial charge on any atom is -0.497 e. The Morgan fingerprint density at radius 3 is 2.89 bits per heavy atom. The Morgan fingerprint density at radius 1 is 1.18 bits per heavy atom. The number of carbonyl (C=O) groups excluding carboxylic acids is 1. The van der Waals surface area contributed by atoms with Crippen LogP contribution in [0.5, 0.6) is 5.75 Å². The molecule has 2 N–H and O–H groups in total. The predicted molar refractivity (Wildman–Crippen MR) is 106 cm³/mol. The highest BCUT2D eigenvalue weighted by Crippen LogP contribution is 2.44. The SMILES string of the molecule is COc1cccc(C2Nc3nonc3NC3=C2C(=O)CC(c2cccs2)C3)c1. The van der Waals surface area contributed by atoms with Gasteiger partial charge in [-0.25, -0.2) is 4.63 Å². The number of ketones is 1. The molecule has 8 heteroatoms. The van der Waals surface area contributed by atoms with Crippen LogP contribution >= 0.6 is 11.3 Å². The van der Waals surface area contributed by atoms with Gasteiger partial charge in [0.15, 0.2) is 5.78 Å². The van der Waals surface area contributed by atoms with Crippen molar-refractivity contribution < 1.29 is 14.2 Å². The number of anilines is 2. The topological polar surface area (TPSA) is 89.3 Å². The summed E-state index contributed by atoms with van der Waals surface area (Å²) in [5.74, 6) is 2.00. The van der Waals surface area contributed by atoms with Gasteiger partial charge >= 0.3 is 0 Å². The number of hydrogen-bond donors (Lipinski definition) is 2. The number of rotatable bonds is 3. The molecule has 2 unspecified atom stereocenters. The van der Waals surface area contributed by atoms with Crippen molar-refractivity contribution in [2.45, 2.75) is 24.8 Å². The summed E-state index contributed by atoms with van der Waals surface area (Å²) in [6.45, 7) is 0. The Labute approximate surface area is 165 Å². The summed E-state index contributed by atoms with van der Waals surface area (Å²) in [5, 5.41) is 16.6. The van der Waals surface area contributed by atoms with Crippen LogP contribution in [0.1, 0.15) is 35.2 Å². The van der Waals surface area contributed by atoms with E-state index in [1.165, 1.54) is 4.88 Å². The van der Waals surface area contributed by atoms with Crippen molar-refractivity contribution in [1.29, 1.82) is 0 Å². The molecule has 3 heterocycles. The largest absolute Gasteiger partial charge is 0.497 e. The van der Waals surface area contributed by atoms with Crippen LogP contribution in [-0.2, 0) is 4.79 Å². The second-order valence-electron chi connectivity index (χ2n) is 6.88. The molecule has 2 aliphatic rings. The number of aromatic nitrogens is 2. The van der Waals surface area contributed by atoms with Crippen LogP contribution in [0.2, 0.25) is 0 Å². The van der Waals surface area contributed by atoms with Crippen molar-refractivity contribution in [2.75, 3.05) is 17.7 Å². The lowest BCUT2D eigenvalue weighted by atomic mass is 9.81. The van der Waals surface area contributed by atoms with Crippen LogP contribution in [0.4, 0.5) is 11.6 Å². The van der Waals surface area contributed by atoms with Gasteiger partial charge in [-0.05, 0) is 45.9 Å². The average molecular weight is 394 g/mol. The van der Waals surface area contributed by atoms with Crippen molar-refractivity contribution in [2.24, 2.45) is 0 Å². The molecule has 0 radical (unpaired) electrons.